The third-order valence-corrected chi connectivity index (χ3v) is 11.1. The number of methoxy groups -OCH3 is 2. The molecule has 0 aliphatic carbocycles. The Bertz CT molecular complexity index is 1880. The van der Waals surface area contributed by atoms with Crippen molar-refractivity contribution in [2.24, 2.45) is 0 Å². The highest BCUT2D eigenvalue weighted by molar-refractivity contribution is 7.97. The molecule has 0 heterocycles. The van der Waals surface area contributed by atoms with Gasteiger partial charge in [0.05, 0.1) is 29.7 Å². The zero-order valence-electron chi connectivity index (χ0n) is 26.7. The summed E-state index contributed by atoms with van der Waals surface area (Å²) in [5, 5.41) is -14.1. The van der Waals surface area contributed by atoms with Crippen molar-refractivity contribution in [2.45, 2.75) is 50.5 Å². The van der Waals surface area contributed by atoms with Crippen molar-refractivity contribution in [2.75, 3.05) is 14.2 Å². The standard InChI is InChI=1S/C18H15S.C14H13F9O8S2/c1-4-10-16(11-5-1)19(17-12-6-2-7-13-17)18-14-8-3-9-15-18;1-29-5-7-3-9(11(15,16)17)4-8(6-30-2)10(7)31-33(27,28)14(22,23)12(18,19)13(20,21)32(24,25)26/h1-15H;3-4H,5-6H2,1-2H3,(H,24,25,26)/q+1;. The molecule has 284 valence electrons. The summed E-state index contributed by atoms with van der Waals surface area (Å²) < 4.78 is 187. The van der Waals surface area contributed by atoms with Gasteiger partial charge >= 0.3 is 42.8 Å². The molecule has 4 rings (SSSR count). The number of alkyl halides is 9. The van der Waals surface area contributed by atoms with Crippen LogP contribution < -0.4 is 4.18 Å². The minimum Gasteiger partial charge on any atom is -0.380 e. The van der Waals surface area contributed by atoms with Gasteiger partial charge in [0, 0.05) is 25.3 Å². The fraction of sp³-hybridized carbons (Fsp3) is 0.250. The van der Waals surface area contributed by atoms with Gasteiger partial charge in [0.15, 0.2) is 20.4 Å². The number of halogens is 9. The lowest BCUT2D eigenvalue weighted by atomic mass is 10.0. The summed E-state index contributed by atoms with van der Waals surface area (Å²) in [6.45, 7) is -1.96. The maximum absolute atomic E-state index is 14.0. The second kappa shape index (κ2) is 16.5. The van der Waals surface area contributed by atoms with Gasteiger partial charge in [0.1, 0.15) is 0 Å². The van der Waals surface area contributed by atoms with Crippen LogP contribution in [0.4, 0.5) is 39.5 Å². The van der Waals surface area contributed by atoms with E-state index in [1.165, 1.54) is 14.7 Å². The average Bonchev–Trinajstić information content (AvgIpc) is 3.07. The van der Waals surface area contributed by atoms with E-state index in [0.29, 0.717) is 0 Å². The summed E-state index contributed by atoms with van der Waals surface area (Å²) in [6.07, 6.45) is -5.09. The largest absolute Gasteiger partial charge is 0.450 e. The predicted octanol–water partition coefficient (Wildman–Crippen LogP) is 8.20. The molecule has 4 aromatic carbocycles. The molecule has 52 heavy (non-hydrogen) atoms. The van der Waals surface area contributed by atoms with Crippen LogP contribution in [0.2, 0.25) is 0 Å². The molecule has 0 aromatic heterocycles. The van der Waals surface area contributed by atoms with Crippen molar-refractivity contribution < 1.29 is 74.6 Å². The second-order valence-corrected chi connectivity index (χ2v) is 15.4. The van der Waals surface area contributed by atoms with Gasteiger partial charge in [-0.1, -0.05) is 54.6 Å². The minimum absolute atomic E-state index is 0.0146. The van der Waals surface area contributed by atoms with Crippen molar-refractivity contribution in [3.05, 3.63) is 120 Å². The van der Waals surface area contributed by atoms with Gasteiger partial charge in [-0.05, 0) is 48.5 Å². The molecule has 0 atom stereocenters. The molecule has 1 N–H and O–H groups in total. The maximum atomic E-state index is 14.0. The molecule has 0 fully saturated rings. The number of hydrogen-bond acceptors (Lipinski definition) is 7. The molecule has 8 nitrogen and oxygen atoms in total. The molecule has 20 heteroatoms. The van der Waals surface area contributed by atoms with Gasteiger partial charge in [-0.25, -0.2) is 0 Å². The van der Waals surface area contributed by atoms with E-state index in [4.69, 9.17) is 4.55 Å². The van der Waals surface area contributed by atoms with Crippen molar-refractivity contribution in [3.8, 4) is 5.75 Å². The van der Waals surface area contributed by atoms with Crippen molar-refractivity contribution in [1.82, 2.24) is 0 Å². The molecular weight excluding hydrogens is 780 g/mol. The van der Waals surface area contributed by atoms with Crippen LogP contribution in [0.1, 0.15) is 16.7 Å². The summed E-state index contributed by atoms with van der Waals surface area (Å²) in [4.78, 5) is 4.08. The first-order valence-corrected chi connectivity index (χ1v) is 18.3. The highest BCUT2D eigenvalue weighted by atomic mass is 32.2. The molecule has 0 spiro atoms. The van der Waals surface area contributed by atoms with Crippen molar-refractivity contribution >= 4 is 31.1 Å². The number of hydrogen-bond donors (Lipinski definition) is 1. The molecule has 0 bridgehead atoms. The van der Waals surface area contributed by atoms with Crippen LogP contribution in [0.3, 0.4) is 0 Å². The van der Waals surface area contributed by atoms with Crippen LogP contribution in [0, 0.1) is 0 Å². The molecule has 0 amide bonds. The lowest BCUT2D eigenvalue weighted by Crippen LogP contribution is -2.61. The highest BCUT2D eigenvalue weighted by Gasteiger charge is 2.83. The number of ether oxygens (including phenoxy) is 2. The Morgan fingerprint density at radius 2 is 0.942 bits per heavy atom. The summed E-state index contributed by atoms with van der Waals surface area (Å²) in [7, 11) is -12.9. The molecule has 4 aromatic rings. The van der Waals surface area contributed by atoms with Gasteiger partial charge < -0.3 is 13.7 Å². The Hall–Kier alpha value is -3.82. The summed E-state index contributed by atoms with van der Waals surface area (Å²) in [5.41, 5.74) is -3.41. The van der Waals surface area contributed by atoms with Crippen molar-refractivity contribution in [3.63, 3.8) is 0 Å². The van der Waals surface area contributed by atoms with Gasteiger partial charge in [0.2, 0.25) is 0 Å². The van der Waals surface area contributed by atoms with E-state index in [1.807, 2.05) is 0 Å². The van der Waals surface area contributed by atoms with Crippen LogP contribution in [0.15, 0.2) is 118 Å². The molecule has 0 saturated heterocycles. The van der Waals surface area contributed by atoms with Gasteiger partial charge in [0.25, 0.3) is 0 Å². The van der Waals surface area contributed by atoms with E-state index < -0.39 is 78.5 Å². The van der Waals surface area contributed by atoms with E-state index in [2.05, 4.69) is 105 Å². The van der Waals surface area contributed by atoms with Gasteiger partial charge in [-0.2, -0.15) is 56.3 Å². The first kappa shape index (κ1) is 42.6. The topological polar surface area (TPSA) is 116 Å². The Balaban J connectivity index is 0.000000320. The highest BCUT2D eigenvalue weighted by Crippen LogP contribution is 2.51. The zero-order chi connectivity index (χ0) is 39.2. The minimum atomic E-state index is -7.30. The monoisotopic (exact) mass is 807 g/mol. The average molecular weight is 808 g/mol. The van der Waals surface area contributed by atoms with Crippen LogP contribution >= 0.6 is 0 Å². The summed E-state index contributed by atoms with van der Waals surface area (Å²) in [5.74, 6) is -8.77. The lowest BCUT2D eigenvalue weighted by molar-refractivity contribution is -0.247. The molecule has 0 radical (unpaired) electrons. The summed E-state index contributed by atoms with van der Waals surface area (Å²) in [6, 6.07) is 32.4. The van der Waals surface area contributed by atoms with Crippen LogP contribution in [-0.4, -0.2) is 52.0 Å². The number of rotatable bonds is 13. The van der Waals surface area contributed by atoms with E-state index in [0.717, 1.165) is 14.2 Å². The van der Waals surface area contributed by atoms with E-state index in [-0.39, 0.29) is 23.0 Å². The third kappa shape index (κ3) is 9.21. The van der Waals surface area contributed by atoms with Crippen molar-refractivity contribution in [1.29, 1.82) is 0 Å². The van der Waals surface area contributed by atoms with Crippen LogP contribution in [0.5, 0.6) is 5.75 Å². The fourth-order valence-electron chi connectivity index (χ4n) is 4.28. The smallest absolute Gasteiger partial charge is 0.380 e. The molecule has 0 aliphatic heterocycles. The van der Waals surface area contributed by atoms with Crippen LogP contribution in [0.25, 0.3) is 0 Å². The molecular formula is C32H28F9O8S3+. The quantitative estimate of drug-likeness (QED) is 0.0623. The second-order valence-electron chi connectivity index (χ2n) is 10.4. The van der Waals surface area contributed by atoms with Gasteiger partial charge in [-0.3, -0.25) is 4.55 Å². The van der Waals surface area contributed by atoms with E-state index >= 15 is 0 Å². The number of benzene rings is 4. The normalized spacial score (nSPS) is 13.0. The molecule has 0 aliphatic rings. The zero-order valence-corrected chi connectivity index (χ0v) is 29.1. The Morgan fingerprint density at radius 1 is 0.596 bits per heavy atom. The first-order chi connectivity index (χ1) is 24.0. The lowest BCUT2D eigenvalue weighted by Gasteiger charge is -2.30. The molecule has 0 unspecified atom stereocenters. The Labute approximate surface area is 295 Å². The van der Waals surface area contributed by atoms with Gasteiger partial charge in [-0.15, -0.1) is 0 Å². The van der Waals surface area contributed by atoms with E-state index in [9.17, 15) is 56.3 Å². The molecule has 0 saturated carbocycles. The van der Waals surface area contributed by atoms with Crippen LogP contribution in [-0.2, 0) is 60.0 Å². The third-order valence-electron chi connectivity index (χ3n) is 6.67. The Morgan fingerprint density at radius 3 is 1.23 bits per heavy atom. The van der Waals surface area contributed by atoms with E-state index in [1.54, 1.807) is 0 Å². The SMILES string of the molecule is COCc1cc(C(F)(F)F)cc(COC)c1OS(=O)(=O)C(F)(F)C(F)(F)C(F)(F)S(=O)(=O)O.c1ccc([S+](c2ccccc2)c2ccccc2)cc1. The first-order valence-electron chi connectivity index (χ1n) is 14.2. The summed E-state index contributed by atoms with van der Waals surface area (Å²) >= 11 is 0. The predicted molar refractivity (Wildman–Crippen MR) is 170 cm³/mol. The Kier molecular flexibility index (Phi) is 13.5. The fourth-order valence-corrected chi connectivity index (χ4v) is 7.88. The maximum Gasteiger partial charge on any atom is 0.450 e.